The zero-order valence-corrected chi connectivity index (χ0v) is 16.0. The number of aliphatic hydroxyl groups is 6. The van der Waals surface area contributed by atoms with Crippen molar-refractivity contribution < 1.29 is 35.2 Å². The van der Waals surface area contributed by atoms with Crippen LogP contribution in [0.1, 0.15) is 0 Å². The van der Waals surface area contributed by atoms with Gasteiger partial charge in [-0.25, -0.2) is 0 Å². The fraction of sp³-hybridized carbons (Fsp3) is 0.833. The molecule has 0 aromatic rings. The van der Waals surface area contributed by atoms with Gasteiger partial charge >= 0.3 is 0 Å². The topological polar surface area (TPSA) is 167 Å². The third-order valence-corrected chi connectivity index (χ3v) is 8.38. The lowest BCUT2D eigenvalue weighted by molar-refractivity contribution is -0.225. The summed E-state index contributed by atoms with van der Waals surface area (Å²) >= 11 is 0. The monoisotopic (exact) mass is 413 g/mol. The van der Waals surface area contributed by atoms with Gasteiger partial charge in [0.25, 0.3) is 8.45 Å². The van der Waals surface area contributed by atoms with E-state index in [1.807, 2.05) is 0 Å². The highest BCUT2D eigenvalue weighted by atomic mass is 31.2. The molecule has 0 fully saturated rings. The van der Waals surface area contributed by atoms with Crippen molar-refractivity contribution in [2.75, 3.05) is 39.6 Å². The van der Waals surface area contributed by atoms with Crippen molar-refractivity contribution in [2.45, 2.75) is 5.60 Å². The van der Waals surface area contributed by atoms with Crippen molar-refractivity contribution in [1.82, 2.24) is 4.86 Å². The van der Waals surface area contributed by atoms with Gasteiger partial charge < -0.3 is 35.2 Å². The summed E-state index contributed by atoms with van der Waals surface area (Å²) < 4.78 is 14.1. The molecular formula is C12H22N3O7P3. The van der Waals surface area contributed by atoms with Crippen LogP contribution in [0.3, 0.4) is 0 Å². The molecule has 0 bridgehead atoms. The van der Waals surface area contributed by atoms with Crippen molar-refractivity contribution >= 4 is 25.5 Å². The predicted octanol–water partition coefficient (Wildman–Crippen LogP) is -0.226. The maximum atomic E-state index is 10.2. The summed E-state index contributed by atoms with van der Waals surface area (Å²) in [6, 6.07) is 0. The predicted molar refractivity (Wildman–Crippen MR) is 92.6 cm³/mol. The van der Waals surface area contributed by atoms with E-state index in [0.717, 1.165) is 0 Å². The summed E-state index contributed by atoms with van der Waals surface area (Å²) in [5.41, 5.74) is -4.81. The molecule has 3 unspecified atom stereocenters. The van der Waals surface area contributed by atoms with E-state index >= 15 is 0 Å². The van der Waals surface area contributed by atoms with Gasteiger partial charge in [0.05, 0.1) is 45.1 Å². The smallest absolute Gasteiger partial charge is 0.251 e. The molecule has 0 spiro atoms. The fourth-order valence-electron chi connectivity index (χ4n) is 3.54. The van der Waals surface area contributed by atoms with E-state index in [1.165, 1.54) is 12.2 Å². The van der Waals surface area contributed by atoms with Crippen molar-refractivity contribution in [3.63, 3.8) is 0 Å². The maximum Gasteiger partial charge on any atom is 0.251 e. The summed E-state index contributed by atoms with van der Waals surface area (Å²) in [5.74, 6) is -0.750. The van der Waals surface area contributed by atoms with Crippen molar-refractivity contribution in [2.24, 2.45) is 25.8 Å². The second-order valence-electron chi connectivity index (χ2n) is 5.90. The van der Waals surface area contributed by atoms with Crippen LogP contribution in [0.2, 0.25) is 0 Å². The number of rotatable bonds is 8. The van der Waals surface area contributed by atoms with Crippen molar-refractivity contribution in [3.8, 4) is 0 Å². The van der Waals surface area contributed by atoms with Crippen LogP contribution in [-0.4, -0.2) is 75.9 Å². The van der Waals surface area contributed by atoms with Crippen LogP contribution >= 0.6 is 25.5 Å². The normalized spacial score (nSPS) is 34.2. The lowest BCUT2D eigenvalue weighted by Crippen LogP contribution is -2.70. The maximum absolute atomic E-state index is 10.2. The van der Waals surface area contributed by atoms with Gasteiger partial charge in [0.1, 0.15) is 14.1 Å². The Hall–Kier alpha value is 0.0500. The third-order valence-electron chi connectivity index (χ3n) is 5.19. The molecule has 1 aliphatic carbocycles. The minimum Gasteiger partial charge on any atom is -0.396 e. The Bertz CT molecular complexity index is 542. The summed E-state index contributed by atoms with van der Waals surface area (Å²) in [6.45, 7) is -3.73. The highest BCUT2D eigenvalue weighted by Crippen LogP contribution is 2.60. The van der Waals surface area contributed by atoms with Crippen LogP contribution in [0, 0.1) is 16.7 Å². The zero-order valence-electron chi connectivity index (χ0n) is 13.3. The standard InChI is InChI=1S/C12H22N3O7P3/c16-3-9-1-2-12(8-21,22-25-14-23-13-24-15-25)11(6-19,7-20)10(9,4-17)5-18/h1-2,9,16-21H,3-8H2,(H,13,14,15). The largest absolute Gasteiger partial charge is 0.396 e. The Morgan fingerprint density at radius 1 is 1.04 bits per heavy atom. The average Bonchev–Trinajstić information content (AvgIpc) is 2.68. The van der Waals surface area contributed by atoms with E-state index in [4.69, 9.17) is 4.52 Å². The molecule has 13 heteroatoms. The van der Waals surface area contributed by atoms with E-state index in [1.54, 1.807) is 0 Å². The number of nitrogens with zero attached hydrogens (tertiary/aromatic N) is 2. The minimum absolute atomic E-state index is 0.422. The van der Waals surface area contributed by atoms with Gasteiger partial charge in [-0.2, -0.15) is 13.9 Å². The van der Waals surface area contributed by atoms with E-state index in [2.05, 4.69) is 13.9 Å². The average molecular weight is 413 g/mol. The van der Waals surface area contributed by atoms with Gasteiger partial charge in [-0.05, 0) is 0 Å². The fourth-order valence-corrected chi connectivity index (χ4v) is 6.72. The molecule has 2 aliphatic rings. The quantitative estimate of drug-likeness (QED) is 0.212. The van der Waals surface area contributed by atoms with Crippen molar-refractivity contribution in [3.05, 3.63) is 12.2 Å². The van der Waals surface area contributed by atoms with Gasteiger partial charge in [-0.15, -0.1) is 0 Å². The molecule has 0 saturated carbocycles. The lowest BCUT2D eigenvalue weighted by atomic mass is 9.49. The van der Waals surface area contributed by atoms with E-state index in [-0.39, 0.29) is 0 Å². The summed E-state index contributed by atoms with van der Waals surface area (Å²) in [7, 11) is -0.590. The molecule has 0 amide bonds. The van der Waals surface area contributed by atoms with Crippen molar-refractivity contribution in [1.29, 1.82) is 0 Å². The van der Waals surface area contributed by atoms with Gasteiger partial charge in [0.2, 0.25) is 0 Å². The third kappa shape index (κ3) is 3.24. The van der Waals surface area contributed by atoms with E-state index < -0.39 is 70.4 Å². The number of hydrogen-bond donors (Lipinski definition) is 7. The lowest BCUT2D eigenvalue weighted by Gasteiger charge is -2.60. The molecule has 0 radical (unpaired) electrons. The Labute approximate surface area is 149 Å². The Balaban J connectivity index is 2.59. The first kappa shape index (κ1) is 21.4. The van der Waals surface area contributed by atoms with Crippen LogP contribution in [0.4, 0.5) is 0 Å². The van der Waals surface area contributed by atoms with E-state index in [0.29, 0.717) is 17.0 Å². The molecular weight excluding hydrogens is 391 g/mol. The second-order valence-corrected chi connectivity index (χ2v) is 9.24. The Morgan fingerprint density at radius 3 is 2.16 bits per heavy atom. The minimum atomic E-state index is -1.66. The molecule has 7 N–H and O–H groups in total. The molecule has 142 valence electrons. The highest BCUT2D eigenvalue weighted by Gasteiger charge is 2.67. The molecule has 1 heterocycles. The summed E-state index contributed by atoms with van der Waals surface area (Å²) in [6.07, 6.45) is 2.98. The second kappa shape index (κ2) is 8.83. The first-order valence-corrected chi connectivity index (χ1v) is 10.3. The van der Waals surface area contributed by atoms with E-state index in [9.17, 15) is 30.6 Å². The Kier molecular flexibility index (Phi) is 7.54. The van der Waals surface area contributed by atoms with Gasteiger partial charge in [0.15, 0.2) is 8.52 Å². The van der Waals surface area contributed by atoms with Crippen LogP contribution < -0.4 is 4.86 Å². The van der Waals surface area contributed by atoms with Gasteiger partial charge in [-0.3, -0.25) is 0 Å². The van der Waals surface area contributed by atoms with Crippen LogP contribution in [0.5, 0.6) is 0 Å². The van der Waals surface area contributed by atoms with Gasteiger partial charge in [-0.1, -0.05) is 12.2 Å². The summed E-state index contributed by atoms with van der Waals surface area (Å²) in [5, 5.41) is 60.3. The molecule has 25 heavy (non-hydrogen) atoms. The molecule has 0 saturated heterocycles. The van der Waals surface area contributed by atoms with Gasteiger partial charge in [0, 0.05) is 11.3 Å². The first-order chi connectivity index (χ1) is 12.0. The molecule has 0 aromatic carbocycles. The van der Waals surface area contributed by atoms with Crippen LogP contribution in [0.25, 0.3) is 0 Å². The molecule has 0 aromatic heterocycles. The number of nitrogens with one attached hydrogen (secondary N) is 1. The molecule has 1 aliphatic heterocycles. The van der Waals surface area contributed by atoms with Crippen LogP contribution in [0.15, 0.2) is 21.2 Å². The molecule has 10 nitrogen and oxygen atoms in total. The zero-order chi connectivity index (χ0) is 18.6. The molecule has 2 rings (SSSR count). The van der Waals surface area contributed by atoms with Crippen LogP contribution in [-0.2, 0) is 4.52 Å². The number of aliphatic hydroxyl groups excluding tert-OH is 6. The first-order valence-electron chi connectivity index (χ1n) is 7.45. The highest BCUT2D eigenvalue weighted by molar-refractivity contribution is 7.63. The Morgan fingerprint density at radius 2 is 1.72 bits per heavy atom. The number of hydrogen-bond acceptors (Lipinski definition) is 10. The SMILES string of the molecule is OCC1C=CC(CO)(OP2N=PN=PN2)C(CO)(CO)C1(CO)CO. The summed E-state index contributed by atoms with van der Waals surface area (Å²) in [4.78, 5) is 2.89. The molecule has 3 atom stereocenters.